The van der Waals surface area contributed by atoms with Gasteiger partial charge in [0.15, 0.2) is 5.65 Å². The molecule has 0 radical (unpaired) electrons. The van der Waals surface area contributed by atoms with Gasteiger partial charge in [0.1, 0.15) is 5.56 Å². The normalized spacial score (nSPS) is 11.2. The third-order valence-corrected chi connectivity index (χ3v) is 5.63. The van der Waals surface area contributed by atoms with Crippen molar-refractivity contribution in [2.75, 3.05) is 0 Å². The van der Waals surface area contributed by atoms with Crippen molar-refractivity contribution in [1.29, 1.82) is 0 Å². The van der Waals surface area contributed by atoms with E-state index in [4.69, 9.17) is 11.6 Å². The Labute approximate surface area is 187 Å². The molecule has 0 saturated carbocycles. The highest BCUT2D eigenvalue weighted by Crippen LogP contribution is 2.23. The number of rotatable bonds is 4. The van der Waals surface area contributed by atoms with Crippen LogP contribution in [0.3, 0.4) is 0 Å². The third kappa shape index (κ3) is 3.33. The average molecular weight is 444 g/mol. The Morgan fingerprint density at radius 2 is 1.91 bits per heavy atom. The van der Waals surface area contributed by atoms with Gasteiger partial charge in [-0.05, 0) is 42.6 Å². The second kappa shape index (κ2) is 7.94. The number of carbonyl (C=O) groups is 1. The van der Waals surface area contributed by atoms with E-state index in [2.05, 4.69) is 15.4 Å². The molecule has 1 amide bonds. The van der Waals surface area contributed by atoms with Crippen LogP contribution in [0.2, 0.25) is 5.02 Å². The molecule has 0 unspecified atom stereocenters. The number of hydrogen-bond acceptors (Lipinski definition) is 4. The maximum atomic E-state index is 13.4. The lowest BCUT2D eigenvalue weighted by Gasteiger charge is -2.16. The molecule has 0 aliphatic rings. The summed E-state index contributed by atoms with van der Waals surface area (Å²) < 4.78 is 3.15. The van der Waals surface area contributed by atoms with Crippen molar-refractivity contribution in [3.63, 3.8) is 0 Å². The summed E-state index contributed by atoms with van der Waals surface area (Å²) in [5.41, 5.74) is 2.55. The van der Waals surface area contributed by atoms with Crippen LogP contribution >= 0.6 is 11.6 Å². The first-order chi connectivity index (χ1) is 15.5. The molecule has 0 saturated heterocycles. The van der Waals surface area contributed by atoms with E-state index in [0.29, 0.717) is 44.1 Å². The highest BCUT2D eigenvalue weighted by molar-refractivity contribution is 6.35. The number of aromatic nitrogens is 4. The minimum absolute atomic E-state index is 0.134. The molecule has 0 fully saturated rings. The van der Waals surface area contributed by atoms with Crippen molar-refractivity contribution >= 4 is 33.9 Å². The van der Waals surface area contributed by atoms with Crippen molar-refractivity contribution in [2.24, 2.45) is 0 Å². The summed E-state index contributed by atoms with van der Waals surface area (Å²) in [6.07, 6.45) is 3.36. The van der Waals surface area contributed by atoms with E-state index in [0.717, 1.165) is 0 Å². The lowest BCUT2D eigenvalue weighted by molar-refractivity contribution is 0.0951. The number of fused-ring (bicyclic) bond motifs is 2. The molecule has 32 heavy (non-hydrogen) atoms. The number of nitrogens with one attached hydrogen (secondary N) is 1. The molecular formula is C24H18ClN5O2. The monoisotopic (exact) mass is 443 g/mol. The zero-order valence-electron chi connectivity index (χ0n) is 17.1. The maximum absolute atomic E-state index is 13.4. The van der Waals surface area contributed by atoms with Crippen molar-refractivity contribution in [2.45, 2.75) is 13.5 Å². The van der Waals surface area contributed by atoms with Gasteiger partial charge in [0.2, 0.25) is 0 Å². The summed E-state index contributed by atoms with van der Waals surface area (Å²) in [6, 6.07) is 18.2. The third-order valence-electron chi connectivity index (χ3n) is 5.31. The van der Waals surface area contributed by atoms with E-state index in [1.165, 1.54) is 0 Å². The van der Waals surface area contributed by atoms with Gasteiger partial charge in [0.05, 0.1) is 22.6 Å². The standard InChI is InChI=1S/C24H18ClN5O2/c1-15-20(22-26-11-6-12-29(22)28-15)23(31)27-14-18-13-16-7-5-10-19(25)21(16)24(32)30(18)17-8-3-2-4-9-17/h2-13H,14H2,1H3,(H,27,31). The Balaban J connectivity index is 1.59. The summed E-state index contributed by atoms with van der Waals surface area (Å²) in [7, 11) is 0. The van der Waals surface area contributed by atoms with Gasteiger partial charge in [0.25, 0.3) is 11.5 Å². The largest absolute Gasteiger partial charge is 0.346 e. The molecular weight excluding hydrogens is 426 g/mol. The summed E-state index contributed by atoms with van der Waals surface area (Å²) in [6.45, 7) is 1.90. The number of aryl methyl sites for hydroxylation is 1. The smallest absolute Gasteiger partial charge is 0.264 e. The topological polar surface area (TPSA) is 81.3 Å². The number of nitrogens with zero attached hydrogens (tertiary/aromatic N) is 4. The van der Waals surface area contributed by atoms with Gasteiger partial charge in [-0.25, -0.2) is 9.50 Å². The van der Waals surface area contributed by atoms with Crippen molar-refractivity contribution in [1.82, 2.24) is 24.5 Å². The molecule has 1 N–H and O–H groups in total. The van der Waals surface area contributed by atoms with Crippen molar-refractivity contribution in [3.8, 4) is 5.69 Å². The van der Waals surface area contributed by atoms with E-state index >= 15 is 0 Å². The van der Waals surface area contributed by atoms with Gasteiger partial charge < -0.3 is 5.32 Å². The number of pyridine rings is 1. The first-order valence-corrected chi connectivity index (χ1v) is 10.4. The van der Waals surface area contributed by atoms with Crippen LogP contribution in [-0.2, 0) is 6.54 Å². The molecule has 0 aliphatic heterocycles. The van der Waals surface area contributed by atoms with Crippen LogP contribution in [0.15, 0.2) is 77.9 Å². The molecule has 0 atom stereocenters. The number of carbonyl (C=O) groups excluding carboxylic acids is 1. The van der Waals surface area contributed by atoms with Crippen LogP contribution in [0.1, 0.15) is 21.7 Å². The molecule has 0 spiro atoms. The van der Waals surface area contributed by atoms with Gasteiger partial charge >= 0.3 is 0 Å². The molecule has 8 heteroatoms. The Hall–Kier alpha value is -3.97. The van der Waals surface area contributed by atoms with Gasteiger partial charge in [-0.3, -0.25) is 14.2 Å². The molecule has 0 aliphatic carbocycles. The molecule has 0 bridgehead atoms. The molecule has 3 aromatic heterocycles. The predicted molar refractivity (Wildman–Crippen MR) is 123 cm³/mol. The second-order valence-corrected chi connectivity index (χ2v) is 7.75. The minimum atomic E-state index is -0.311. The summed E-state index contributed by atoms with van der Waals surface area (Å²) >= 11 is 6.34. The number of halogens is 1. The molecule has 7 nitrogen and oxygen atoms in total. The summed E-state index contributed by atoms with van der Waals surface area (Å²) in [4.78, 5) is 30.7. The first-order valence-electron chi connectivity index (χ1n) is 10.0. The number of benzene rings is 2. The van der Waals surface area contributed by atoms with Crippen LogP contribution in [0.4, 0.5) is 0 Å². The summed E-state index contributed by atoms with van der Waals surface area (Å²) in [5.74, 6) is -0.311. The average Bonchev–Trinajstić information content (AvgIpc) is 3.13. The maximum Gasteiger partial charge on any atom is 0.264 e. The fourth-order valence-electron chi connectivity index (χ4n) is 3.88. The van der Waals surface area contributed by atoms with Crippen LogP contribution in [-0.4, -0.2) is 25.1 Å². The zero-order valence-corrected chi connectivity index (χ0v) is 17.9. The van der Waals surface area contributed by atoms with E-state index in [1.54, 1.807) is 46.6 Å². The Morgan fingerprint density at radius 3 is 2.72 bits per heavy atom. The highest BCUT2D eigenvalue weighted by Gasteiger charge is 2.19. The van der Waals surface area contributed by atoms with Crippen LogP contribution in [0.25, 0.3) is 22.1 Å². The van der Waals surface area contributed by atoms with Crippen LogP contribution in [0, 0.1) is 6.92 Å². The van der Waals surface area contributed by atoms with Crippen molar-refractivity contribution < 1.29 is 4.79 Å². The molecule has 2 aromatic carbocycles. The lowest BCUT2D eigenvalue weighted by atomic mass is 10.1. The quantitative estimate of drug-likeness (QED) is 0.456. The SMILES string of the molecule is Cc1nn2cccnc2c1C(=O)NCc1cc2cccc(Cl)c2c(=O)n1-c1ccccc1. The highest BCUT2D eigenvalue weighted by atomic mass is 35.5. The Kier molecular flexibility index (Phi) is 4.95. The lowest BCUT2D eigenvalue weighted by Crippen LogP contribution is -2.29. The van der Waals surface area contributed by atoms with E-state index in [1.807, 2.05) is 42.5 Å². The predicted octanol–water partition coefficient (Wildman–Crippen LogP) is 3.93. The number of hydrogen-bond donors (Lipinski definition) is 1. The Morgan fingerprint density at radius 1 is 1.09 bits per heavy atom. The summed E-state index contributed by atoms with van der Waals surface area (Å²) in [5, 5.41) is 8.81. The van der Waals surface area contributed by atoms with Crippen LogP contribution < -0.4 is 10.9 Å². The van der Waals surface area contributed by atoms with E-state index in [-0.39, 0.29) is 18.0 Å². The number of amides is 1. The fourth-order valence-corrected chi connectivity index (χ4v) is 4.15. The van der Waals surface area contributed by atoms with Gasteiger partial charge in [-0.2, -0.15) is 5.10 Å². The van der Waals surface area contributed by atoms with Crippen molar-refractivity contribution in [3.05, 3.63) is 105 Å². The molecule has 5 aromatic rings. The van der Waals surface area contributed by atoms with Gasteiger partial charge in [-0.15, -0.1) is 0 Å². The Bertz CT molecular complexity index is 1540. The molecule has 5 rings (SSSR count). The molecule has 158 valence electrons. The minimum Gasteiger partial charge on any atom is -0.346 e. The number of para-hydroxylation sites is 1. The van der Waals surface area contributed by atoms with E-state index in [9.17, 15) is 9.59 Å². The molecule has 3 heterocycles. The zero-order chi connectivity index (χ0) is 22.2. The fraction of sp³-hybridized carbons (Fsp3) is 0.0833. The second-order valence-electron chi connectivity index (χ2n) is 7.35. The van der Waals surface area contributed by atoms with Crippen LogP contribution in [0.5, 0.6) is 0 Å². The van der Waals surface area contributed by atoms with Gasteiger partial charge in [0, 0.05) is 23.8 Å². The van der Waals surface area contributed by atoms with E-state index < -0.39 is 0 Å². The van der Waals surface area contributed by atoms with Gasteiger partial charge in [-0.1, -0.05) is 41.9 Å². The first kappa shape index (κ1) is 20.0.